The van der Waals surface area contributed by atoms with Gasteiger partial charge in [0.2, 0.25) is 5.91 Å². The van der Waals surface area contributed by atoms with Crippen LogP contribution in [0.2, 0.25) is 0 Å². The van der Waals surface area contributed by atoms with E-state index in [1.807, 2.05) is 6.07 Å². The van der Waals surface area contributed by atoms with Gasteiger partial charge in [-0.3, -0.25) is 4.79 Å². The van der Waals surface area contributed by atoms with Crippen molar-refractivity contribution in [2.24, 2.45) is 0 Å². The van der Waals surface area contributed by atoms with E-state index in [9.17, 15) is 9.59 Å². The highest BCUT2D eigenvalue weighted by Crippen LogP contribution is 2.21. The van der Waals surface area contributed by atoms with Crippen LogP contribution in [0, 0.1) is 11.3 Å². The molecule has 92 valence electrons. The topological polar surface area (TPSA) is 81.4 Å². The SMILES string of the molecule is N#Cc1ccc(CN2C(=O)CCC2C(=O)O)cc1. The zero-order valence-electron chi connectivity index (χ0n) is 9.67. The Morgan fingerprint density at radius 1 is 1.44 bits per heavy atom. The predicted molar refractivity (Wildman–Crippen MR) is 62.4 cm³/mol. The number of carbonyl (C=O) groups excluding carboxylic acids is 1. The molecule has 0 aliphatic carbocycles. The zero-order valence-corrected chi connectivity index (χ0v) is 9.67. The fourth-order valence-corrected chi connectivity index (χ4v) is 2.07. The maximum atomic E-state index is 11.6. The number of carboxylic acids is 1. The Morgan fingerprint density at radius 3 is 2.67 bits per heavy atom. The number of amides is 1. The lowest BCUT2D eigenvalue weighted by atomic mass is 10.1. The number of nitrogens with zero attached hydrogens (tertiary/aromatic N) is 2. The van der Waals surface area contributed by atoms with Gasteiger partial charge in [0.05, 0.1) is 11.6 Å². The largest absolute Gasteiger partial charge is 0.480 e. The van der Waals surface area contributed by atoms with E-state index in [0.717, 1.165) is 5.56 Å². The first kappa shape index (κ1) is 12.1. The van der Waals surface area contributed by atoms with E-state index in [1.54, 1.807) is 24.3 Å². The van der Waals surface area contributed by atoms with Crippen LogP contribution >= 0.6 is 0 Å². The molecule has 1 aliphatic rings. The summed E-state index contributed by atoms with van der Waals surface area (Å²) in [5.74, 6) is -1.10. The van der Waals surface area contributed by atoms with Gasteiger partial charge < -0.3 is 10.0 Å². The highest BCUT2D eigenvalue weighted by molar-refractivity contribution is 5.87. The van der Waals surface area contributed by atoms with Gasteiger partial charge in [-0.05, 0) is 24.1 Å². The third-order valence-electron chi connectivity index (χ3n) is 3.05. The lowest BCUT2D eigenvalue weighted by Crippen LogP contribution is -2.37. The minimum absolute atomic E-state index is 0.133. The van der Waals surface area contributed by atoms with E-state index < -0.39 is 12.0 Å². The summed E-state index contributed by atoms with van der Waals surface area (Å²) in [5.41, 5.74) is 1.37. The van der Waals surface area contributed by atoms with Crippen molar-refractivity contribution >= 4 is 11.9 Å². The summed E-state index contributed by atoms with van der Waals surface area (Å²) in [6, 6.07) is 8.08. The molecule has 1 fully saturated rings. The number of nitriles is 1. The van der Waals surface area contributed by atoms with Crippen molar-refractivity contribution in [1.82, 2.24) is 4.90 Å². The molecule has 5 nitrogen and oxygen atoms in total. The smallest absolute Gasteiger partial charge is 0.326 e. The second-order valence-electron chi connectivity index (χ2n) is 4.22. The summed E-state index contributed by atoms with van der Waals surface area (Å²) in [6.45, 7) is 0.279. The van der Waals surface area contributed by atoms with Crippen LogP contribution in [0.3, 0.4) is 0 Å². The first-order valence-electron chi connectivity index (χ1n) is 5.63. The molecule has 1 amide bonds. The van der Waals surface area contributed by atoms with E-state index in [4.69, 9.17) is 10.4 Å². The highest BCUT2D eigenvalue weighted by Gasteiger charge is 2.35. The number of carbonyl (C=O) groups is 2. The van der Waals surface area contributed by atoms with E-state index in [2.05, 4.69) is 0 Å². The first-order chi connectivity index (χ1) is 8.61. The third-order valence-corrected chi connectivity index (χ3v) is 3.05. The number of likely N-dealkylation sites (tertiary alicyclic amines) is 1. The van der Waals surface area contributed by atoms with Gasteiger partial charge in [-0.25, -0.2) is 4.79 Å². The van der Waals surface area contributed by atoms with Gasteiger partial charge in [-0.1, -0.05) is 12.1 Å². The van der Waals surface area contributed by atoms with Crippen molar-refractivity contribution in [3.05, 3.63) is 35.4 Å². The molecule has 18 heavy (non-hydrogen) atoms. The molecule has 1 aromatic carbocycles. The van der Waals surface area contributed by atoms with E-state index in [1.165, 1.54) is 4.90 Å². The summed E-state index contributed by atoms with van der Waals surface area (Å²) in [4.78, 5) is 24.0. The lowest BCUT2D eigenvalue weighted by Gasteiger charge is -2.21. The van der Waals surface area contributed by atoms with E-state index in [-0.39, 0.29) is 18.9 Å². The normalized spacial score (nSPS) is 18.7. The van der Waals surface area contributed by atoms with Crippen LogP contribution in [0.25, 0.3) is 0 Å². The number of rotatable bonds is 3. The van der Waals surface area contributed by atoms with Crippen LogP contribution in [0.15, 0.2) is 24.3 Å². The number of aliphatic carboxylic acids is 1. The zero-order chi connectivity index (χ0) is 13.1. The average Bonchev–Trinajstić information content (AvgIpc) is 2.72. The van der Waals surface area contributed by atoms with E-state index >= 15 is 0 Å². The van der Waals surface area contributed by atoms with Gasteiger partial charge in [0.15, 0.2) is 0 Å². The molecule has 1 aliphatic heterocycles. The second kappa shape index (κ2) is 4.88. The Bertz CT molecular complexity index is 516. The summed E-state index contributed by atoms with van der Waals surface area (Å²) in [5, 5.41) is 17.7. The lowest BCUT2D eigenvalue weighted by molar-refractivity contribution is -0.146. The molecule has 0 aromatic heterocycles. The summed E-state index contributed by atoms with van der Waals surface area (Å²) in [6.07, 6.45) is 0.650. The molecule has 0 spiro atoms. The van der Waals surface area contributed by atoms with Crippen molar-refractivity contribution in [3.63, 3.8) is 0 Å². The summed E-state index contributed by atoms with van der Waals surface area (Å²) < 4.78 is 0. The fourth-order valence-electron chi connectivity index (χ4n) is 2.07. The molecule has 5 heteroatoms. The number of hydrogen-bond donors (Lipinski definition) is 1. The standard InChI is InChI=1S/C13H12N2O3/c14-7-9-1-3-10(4-2-9)8-15-11(13(17)18)5-6-12(15)16/h1-4,11H,5-6,8H2,(H,17,18). The molecule has 1 heterocycles. The predicted octanol–water partition coefficient (Wildman–Crippen LogP) is 1.13. The highest BCUT2D eigenvalue weighted by atomic mass is 16.4. The molecule has 1 aromatic rings. The summed E-state index contributed by atoms with van der Waals surface area (Å²) in [7, 11) is 0. The molecule has 1 saturated heterocycles. The maximum Gasteiger partial charge on any atom is 0.326 e. The monoisotopic (exact) mass is 244 g/mol. The van der Waals surface area contributed by atoms with Gasteiger partial charge >= 0.3 is 5.97 Å². The van der Waals surface area contributed by atoms with Gasteiger partial charge in [0.1, 0.15) is 6.04 Å². The third kappa shape index (κ3) is 2.33. The maximum absolute atomic E-state index is 11.6. The Morgan fingerprint density at radius 2 is 2.11 bits per heavy atom. The molecule has 0 bridgehead atoms. The number of hydrogen-bond acceptors (Lipinski definition) is 3. The molecule has 0 radical (unpaired) electrons. The van der Waals surface area contributed by atoms with Gasteiger partial charge in [0, 0.05) is 13.0 Å². The van der Waals surface area contributed by atoms with Gasteiger partial charge in [0.25, 0.3) is 0 Å². The van der Waals surface area contributed by atoms with Crippen molar-refractivity contribution in [2.45, 2.75) is 25.4 Å². The Kier molecular flexibility index (Phi) is 3.28. The van der Waals surface area contributed by atoms with Crippen molar-refractivity contribution in [1.29, 1.82) is 5.26 Å². The first-order valence-corrected chi connectivity index (χ1v) is 5.63. The minimum Gasteiger partial charge on any atom is -0.480 e. The van der Waals surface area contributed by atoms with Crippen LogP contribution in [0.5, 0.6) is 0 Å². The number of carboxylic acid groups (broad SMARTS) is 1. The van der Waals surface area contributed by atoms with Gasteiger partial charge in [-0.2, -0.15) is 5.26 Å². The van der Waals surface area contributed by atoms with Crippen molar-refractivity contribution in [3.8, 4) is 6.07 Å². The molecule has 1 unspecified atom stereocenters. The molecular formula is C13H12N2O3. The molecule has 2 rings (SSSR count). The van der Waals surface area contributed by atoms with Gasteiger partial charge in [-0.15, -0.1) is 0 Å². The van der Waals surface area contributed by atoms with Crippen molar-refractivity contribution in [2.75, 3.05) is 0 Å². The molecular weight excluding hydrogens is 232 g/mol. The van der Waals surface area contributed by atoms with Crippen LogP contribution in [0.4, 0.5) is 0 Å². The molecule has 0 saturated carbocycles. The van der Waals surface area contributed by atoms with Crippen LogP contribution in [-0.2, 0) is 16.1 Å². The van der Waals surface area contributed by atoms with Crippen molar-refractivity contribution < 1.29 is 14.7 Å². The number of benzene rings is 1. The van der Waals surface area contributed by atoms with Crippen LogP contribution in [0.1, 0.15) is 24.0 Å². The molecule has 1 N–H and O–H groups in total. The minimum atomic E-state index is -0.963. The van der Waals surface area contributed by atoms with Crippen LogP contribution in [-0.4, -0.2) is 27.9 Å². The summed E-state index contributed by atoms with van der Waals surface area (Å²) >= 11 is 0. The Hall–Kier alpha value is -2.35. The Balaban J connectivity index is 2.14. The second-order valence-corrected chi connectivity index (χ2v) is 4.22. The molecule has 1 atom stereocenters. The Labute approximate surface area is 104 Å². The van der Waals surface area contributed by atoms with E-state index in [0.29, 0.717) is 12.0 Å². The average molecular weight is 244 g/mol. The van der Waals surface area contributed by atoms with Crippen LogP contribution < -0.4 is 0 Å². The quantitative estimate of drug-likeness (QED) is 0.864. The fraction of sp³-hybridized carbons (Fsp3) is 0.308.